The van der Waals surface area contributed by atoms with Gasteiger partial charge in [-0.1, -0.05) is 12.1 Å². The third-order valence-corrected chi connectivity index (χ3v) is 4.58. The first-order valence-corrected chi connectivity index (χ1v) is 8.66. The number of carbonyl (C=O) groups is 1. The fourth-order valence-electron chi connectivity index (χ4n) is 3.17. The van der Waals surface area contributed by atoms with E-state index in [0.29, 0.717) is 37.5 Å². The molecule has 0 bridgehead atoms. The molecular formula is C20H22F2N2O2. The maximum atomic E-state index is 13.4. The zero-order valence-electron chi connectivity index (χ0n) is 14.8. The number of rotatable bonds is 4. The summed E-state index contributed by atoms with van der Waals surface area (Å²) in [6.45, 7) is 3.30. The van der Waals surface area contributed by atoms with Crippen molar-refractivity contribution in [3.8, 4) is 5.75 Å². The summed E-state index contributed by atoms with van der Waals surface area (Å²) in [5.74, 6) is -1.02. The quantitative estimate of drug-likeness (QED) is 0.839. The Morgan fingerprint density at radius 3 is 2.65 bits per heavy atom. The largest absolute Gasteiger partial charge is 0.497 e. The SMILES string of the molecule is COc1cccc(C(=O)N2CCCN(Cc3ccc(F)c(F)c3)CC2)c1. The Morgan fingerprint density at radius 2 is 1.88 bits per heavy atom. The van der Waals surface area contributed by atoms with Gasteiger partial charge >= 0.3 is 0 Å². The number of ether oxygens (including phenoxy) is 1. The highest BCUT2D eigenvalue weighted by Gasteiger charge is 2.21. The van der Waals surface area contributed by atoms with E-state index < -0.39 is 11.6 Å². The van der Waals surface area contributed by atoms with Gasteiger partial charge in [0.2, 0.25) is 0 Å². The molecule has 0 unspecified atom stereocenters. The molecular weight excluding hydrogens is 338 g/mol. The van der Waals surface area contributed by atoms with Crippen molar-refractivity contribution in [2.45, 2.75) is 13.0 Å². The molecule has 2 aromatic carbocycles. The van der Waals surface area contributed by atoms with Crippen LogP contribution in [0.25, 0.3) is 0 Å². The van der Waals surface area contributed by atoms with E-state index in [4.69, 9.17) is 4.74 Å². The Kier molecular flexibility index (Phi) is 5.83. The zero-order chi connectivity index (χ0) is 18.5. The predicted octanol–water partition coefficient (Wildman–Crippen LogP) is 3.32. The average molecular weight is 360 g/mol. The maximum Gasteiger partial charge on any atom is 0.254 e. The number of halogens is 2. The summed E-state index contributed by atoms with van der Waals surface area (Å²) < 4.78 is 31.6. The smallest absolute Gasteiger partial charge is 0.254 e. The highest BCUT2D eigenvalue weighted by molar-refractivity contribution is 5.94. The molecule has 0 aromatic heterocycles. The van der Waals surface area contributed by atoms with Gasteiger partial charge in [-0.05, 0) is 42.3 Å². The van der Waals surface area contributed by atoms with Crippen LogP contribution in [0.3, 0.4) is 0 Å². The van der Waals surface area contributed by atoms with Gasteiger partial charge in [0.1, 0.15) is 5.75 Å². The van der Waals surface area contributed by atoms with Gasteiger partial charge in [0.15, 0.2) is 11.6 Å². The first-order valence-electron chi connectivity index (χ1n) is 8.66. The number of methoxy groups -OCH3 is 1. The van der Waals surface area contributed by atoms with Crippen molar-refractivity contribution in [1.29, 1.82) is 0 Å². The van der Waals surface area contributed by atoms with Gasteiger partial charge in [0, 0.05) is 38.3 Å². The summed E-state index contributed by atoms with van der Waals surface area (Å²) >= 11 is 0. The van der Waals surface area contributed by atoms with Crippen LogP contribution in [0, 0.1) is 11.6 Å². The molecule has 1 fully saturated rings. The zero-order valence-corrected chi connectivity index (χ0v) is 14.8. The van der Waals surface area contributed by atoms with Crippen molar-refractivity contribution >= 4 is 5.91 Å². The molecule has 0 aliphatic carbocycles. The second-order valence-corrected chi connectivity index (χ2v) is 6.40. The van der Waals surface area contributed by atoms with E-state index in [9.17, 15) is 13.6 Å². The third kappa shape index (κ3) is 4.38. The molecule has 3 rings (SSSR count). The maximum absolute atomic E-state index is 13.4. The number of nitrogens with zero attached hydrogens (tertiary/aromatic N) is 2. The Bertz CT molecular complexity index is 782. The molecule has 1 amide bonds. The predicted molar refractivity (Wildman–Crippen MR) is 95.1 cm³/mol. The molecule has 138 valence electrons. The van der Waals surface area contributed by atoms with Crippen LogP contribution in [0.2, 0.25) is 0 Å². The Hall–Kier alpha value is -2.47. The van der Waals surface area contributed by atoms with E-state index >= 15 is 0 Å². The van der Waals surface area contributed by atoms with Crippen LogP contribution in [0.1, 0.15) is 22.3 Å². The third-order valence-electron chi connectivity index (χ3n) is 4.58. The van der Waals surface area contributed by atoms with Gasteiger partial charge < -0.3 is 9.64 Å². The van der Waals surface area contributed by atoms with Gasteiger partial charge in [-0.2, -0.15) is 0 Å². The van der Waals surface area contributed by atoms with Crippen LogP contribution in [0.5, 0.6) is 5.75 Å². The van der Waals surface area contributed by atoms with Crippen molar-refractivity contribution in [3.63, 3.8) is 0 Å². The van der Waals surface area contributed by atoms with Gasteiger partial charge in [-0.25, -0.2) is 8.78 Å². The van der Waals surface area contributed by atoms with Crippen molar-refractivity contribution in [1.82, 2.24) is 9.80 Å². The Balaban J connectivity index is 1.62. The molecule has 1 saturated heterocycles. The summed E-state index contributed by atoms with van der Waals surface area (Å²) in [6, 6.07) is 11.1. The van der Waals surface area contributed by atoms with E-state index in [-0.39, 0.29) is 5.91 Å². The lowest BCUT2D eigenvalue weighted by Crippen LogP contribution is -2.35. The number of hydrogen-bond acceptors (Lipinski definition) is 3. The molecule has 26 heavy (non-hydrogen) atoms. The van der Waals surface area contributed by atoms with Gasteiger partial charge in [-0.15, -0.1) is 0 Å². The van der Waals surface area contributed by atoms with Crippen LogP contribution in [0.15, 0.2) is 42.5 Å². The van der Waals surface area contributed by atoms with Crippen molar-refractivity contribution in [2.75, 3.05) is 33.3 Å². The molecule has 4 nitrogen and oxygen atoms in total. The van der Waals surface area contributed by atoms with E-state index in [0.717, 1.165) is 24.6 Å². The monoisotopic (exact) mass is 360 g/mol. The summed E-state index contributed by atoms with van der Waals surface area (Å²) in [6.07, 6.45) is 0.833. The van der Waals surface area contributed by atoms with Crippen LogP contribution >= 0.6 is 0 Å². The van der Waals surface area contributed by atoms with Crippen molar-refractivity contribution < 1.29 is 18.3 Å². The fourth-order valence-corrected chi connectivity index (χ4v) is 3.17. The van der Waals surface area contributed by atoms with Gasteiger partial charge in [-0.3, -0.25) is 9.69 Å². The molecule has 0 atom stereocenters. The molecule has 1 aliphatic heterocycles. The highest BCUT2D eigenvalue weighted by atomic mass is 19.2. The van der Waals surface area contributed by atoms with E-state index in [1.807, 2.05) is 11.0 Å². The average Bonchev–Trinajstić information content (AvgIpc) is 2.90. The first-order chi connectivity index (χ1) is 12.6. The minimum atomic E-state index is -0.834. The number of benzene rings is 2. The van der Waals surface area contributed by atoms with E-state index in [1.54, 1.807) is 31.4 Å². The summed E-state index contributed by atoms with van der Waals surface area (Å²) in [4.78, 5) is 16.7. The summed E-state index contributed by atoms with van der Waals surface area (Å²) in [7, 11) is 1.58. The second kappa shape index (κ2) is 8.27. The number of amides is 1. The lowest BCUT2D eigenvalue weighted by Gasteiger charge is -2.22. The molecule has 2 aromatic rings. The molecule has 0 saturated carbocycles. The van der Waals surface area contributed by atoms with Crippen LogP contribution in [-0.4, -0.2) is 49.0 Å². The molecule has 6 heteroatoms. The Labute approximate surface area is 152 Å². The summed E-state index contributed by atoms with van der Waals surface area (Å²) in [5, 5.41) is 0. The van der Waals surface area contributed by atoms with Crippen LogP contribution in [0.4, 0.5) is 8.78 Å². The fraction of sp³-hybridized carbons (Fsp3) is 0.350. The summed E-state index contributed by atoms with van der Waals surface area (Å²) in [5.41, 5.74) is 1.34. The topological polar surface area (TPSA) is 32.8 Å². The molecule has 1 heterocycles. The minimum Gasteiger partial charge on any atom is -0.497 e. The van der Waals surface area contributed by atoms with Crippen LogP contribution < -0.4 is 4.74 Å². The Morgan fingerprint density at radius 1 is 1.04 bits per heavy atom. The lowest BCUT2D eigenvalue weighted by atomic mass is 10.2. The lowest BCUT2D eigenvalue weighted by molar-refractivity contribution is 0.0760. The van der Waals surface area contributed by atoms with E-state index in [2.05, 4.69) is 4.90 Å². The number of hydrogen-bond donors (Lipinski definition) is 0. The normalized spacial score (nSPS) is 15.6. The van der Waals surface area contributed by atoms with Gasteiger partial charge in [0.25, 0.3) is 5.91 Å². The molecule has 1 aliphatic rings. The molecule has 0 radical (unpaired) electrons. The van der Waals surface area contributed by atoms with Gasteiger partial charge in [0.05, 0.1) is 7.11 Å². The van der Waals surface area contributed by atoms with Crippen molar-refractivity contribution in [2.24, 2.45) is 0 Å². The van der Waals surface area contributed by atoms with E-state index in [1.165, 1.54) is 6.07 Å². The minimum absolute atomic E-state index is 0.0152. The molecule has 0 N–H and O–H groups in total. The van der Waals surface area contributed by atoms with Crippen molar-refractivity contribution in [3.05, 3.63) is 65.2 Å². The molecule has 0 spiro atoms. The second-order valence-electron chi connectivity index (χ2n) is 6.40. The van der Waals surface area contributed by atoms with Crippen LogP contribution in [-0.2, 0) is 6.54 Å². The first kappa shape index (κ1) is 18.3. The standard InChI is InChI=1S/C20H22F2N2O2/c1-26-17-5-2-4-16(13-17)20(25)24-9-3-8-23(10-11-24)14-15-6-7-18(21)19(22)12-15/h2,4-7,12-13H,3,8-11,14H2,1H3. The highest BCUT2D eigenvalue weighted by Crippen LogP contribution is 2.17. The number of carbonyl (C=O) groups excluding carboxylic acids is 1.